The van der Waals surface area contributed by atoms with Gasteiger partial charge < -0.3 is 15.7 Å². The summed E-state index contributed by atoms with van der Waals surface area (Å²) in [4.78, 5) is 13.2. The molecule has 0 saturated carbocycles. The van der Waals surface area contributed by atoms with Crippen molar-refractivity contribution in [3.8, 4) is 0 Å². The summed E-state index contributed by atoms with van der Waals surface area (Å²) in [7, 11) is 0. The predicted octanol–water partition coefficient (Wildman–Crippen LogP) is 1.59. The molecule has 1 aromatic rings. The number of primary amides is 1. The molecule has 3 N–H and O–H groups in total. The number of likely N-dealkylation sites (tertiary alicyclic amines) is 1. The fraction of sp³-hybridized carbons (Fsp3) is 0.533. The fourth-order valence-electron chi connectivity index (χ4n) is 2.63. The Labute approximate surface area is 122 Å². The average Bonchev–Trinajstić information content (AvgIpc) is 2.48. The molecule has 0 aliphatic carbocycles. The Hall–Kier alpha value is -1.53. The molecule has 0 aromatic heterocycles. The van der Waals surface area contributed by atoms with Gasteiger partial charge in [0.25, 0.3) is 0 Å². The maximum atomic E-state index is 13.1. The van der Waals surface area contributed by atoms with E-state index in [4.69, 9.17) is 5.73 Å². The molecule has 0 spiro atoms. The number of hydrogen-bond acceptors (Lipinski definition) is 3. The summed E-state index contributed by atoms with van der Waals surface area (Å²) in [6.07, 6.45) is 1.08. The van der Waals surface area contributed by atoms with E-state index in [9.17, 15) is 18.7 Å². The number of aliphatic hydroxyl groups excluding tert-OH is 1. The van der Waals surface area contributed by atoms with E-state index in [1.165, 1.54) is 6.07 Å². The summed E-state index contributed by atoms with van der Waals surface area (Å²) >= 11 is 0. The van der Waals surface area contributed by atoms with E-state index in [1.54, 1.807) is 0 Å². The molecule has 0 radical (unpaired) electrons. The number of nitrogens with zero attached hydrogens (tertiary/aromatic N) is 1. The Morgan fingerprint density at radius 3 is 2.57 bits per heavy atom. The number of aliphatic hydroxyl groups is 1. The van der Waals surface area contributed by atoms with E-state index in [-0.39, 0.29) is 11.8 Å². The van der Waals surface area contributed by atoms with Crippen LogP contribution in [0.5, 0.6) is 0 Å². The van der Waals surface area contributed by atoms with Crippen LogP contribution in [0.4, 0.5) is 8.78 Å². The first-order chi connectivity index (χ1) is 9.97. The molecule has 1 aromatic carbocycles. The summed E-state index contributed by atoms with van der Waals surface area (Å²) < 4.78 is 26.0. The molecule has 2 rings (SSSR count). The summed E-state index contributed by atoms with van der Waals surface area (Å²) in [6.45, 7) is 2.17. The Bertz CT molecular complexity index is 502. The van der Waals surface area contributed by atoms with Crippen LogP contribution in [0.3, 0.4) is 0 Å². The van der Waals surface area contributed by atoms with E-state index in [2.05, 4.69) is 4.90 Å². The molecule has 1 unspecified atom stereocenters. The average molecular weight is 298 g/mol. The Balaban J connectivity index is 1.80. The lowest BCUT2D eigenvalue weighted by Crippen LogP contribution is -2.39. The van der Waals surface area contributed by atoms with Gasteiger partial charge in [-0.25, -0.2) is 8.78 Å². The molecule has 4 nitrogen and oxygen atoms in total. The number of amides is 1. The van der Waals surface area contributed by atoms with E-state index in [0.717, 1.165) is 38.1 Å². The van der Waals surface area contributed by atoms with Gasteiger partial charge in [-0.3, -0.25) is 4.79 Å². The summed E-state index contributed by atoms with van der Waals surface area (Å²) in [5, 5.41) is 10.0. The number of halogens is 2. The Morgan fingerprint density at radius 1 is 1.33 bits per heavy atom. The minimum Gasteiger partial charge on any atom is -0.388 e. The van der Waals surface area contributed by atoms with Crippen LogP contribution in [0.15, 0.2) is 18.2 Å². The molecule has 0 bridgehead atoms. The standard InChI is InChI=1S/C15H20F2N2O2/c16-12-2-1-11(9-13(12)17)14(20)5-8-19-6-3-10(4-7-19)15(18)21/h1-2,9-10,14,20H,3-8H2,(H2,18,21). The van der Waals surface area contributed by atoms with E-state index in [0.29, 0.717) is 18.5 Å². The molecule has 116 valence electrons. The lowest BCUT2D eigenvalue weighted by atomic mass is 9.96. The zero-order valence-electron chi connectivity index (χ0n) is 11.8. The van der Waals surface area contributed by atoms with Crippen molar-refractivity contribution in [1.29, 1.82) is 0 Å². The molecule has 1 saturated heterocycles. The highest BCUT2D eigenvalue weighted by Crippen LogP contribution is 2.22. The lowest BCUT2D eigenvalue weighted by Gasteiger charge is -2.31. The molecule has 1 aliphatic heterocycles. The van der Waals surface area contributed by atoms with Crippen molar-refractivity contribution in [2.24, 2.45) is 11.7 Å². The van der Waals surface area contributed by atoms with Gasteiger partial charge in [0.2, 0.25) is 5.91 Å². The topological polar surface area (TPSA) is 66.6 Å². The summed E-state index contributed by atoms with van der Waals surface area (Å²) in [5.74, 6) is -2.18. The van der Waals surface area contributed by atoms with Crippen molar-refractivity contribution in [3.63, 3.8) is 0 Å². The molecule has 6 heteroatoms. The van der Waals surface area contributed by atoms with Gasteiger partial charge in [-0.05, 0) is 50.0 Å². The van der Waals surface area contributed by atoms with Crippen LogP contribution in [0.25, 0.3) is 0 Å². The number of nitrogens with two attached hydrogens (primary N) is 1. The maximum Gasteiger partial charge on any atom is 0.220 e. The molecule has 1 heterocycles. The Kier molecular flexibility index (Phi) is 5.25. The summed E-state index contributed by atoms with van der Waals surface area (Å²) in [6, 6.07) is 3.44. The van der Waals surface area contributed by atoms with E-state index in [1.807, 2.05) is 0 Å². The fourth-order valence-corrected chi connectivity index (χ4v) is 2.63. The molecule has 1 aliphatic rings. The highest BCUT2D eigenvalue weighted by Gasteiger charge is 2.23. The van der Waals surface area contributed by atoms with Gasteiger partial charge in [-0.2, -0.15) is 0 Å². The molecule has 1 fully saturated rings. The first kappa shape index (κ1) is 15.9. The van der Waals surface area contributed by atoms with Crippen LogP contribution in [-0.4, -0.2) is 35.5 Å². The molecule has 1 amide bonds. The van der Waals surface area contributed by atoms with Crippen molar-refractivity contribution in [3.05, 3.63) is 35.4 Å². The van der Waals surface area contributed by atoms with Crippen LogP contribution in [0.2, 0.25) is 0 Å². The number of piperidine rings is 1. The SMILES string of the molecule is NC(=O)C1CCN(CCC(O)c2ccc(F)c(F)c2)CC1. The number of benzene rings is 1. The first-order valence-corrected chi connectivity index (χ1v) is 7.12. The predicted molar refractivity (Wildman–Crippen MR) is 74.3 cm³/mol. The summed E-state index contributed by atoms with van der Waals surface area (Å²) in [5.41, 5.74) is 5.65. The van der Waals surface area contributed by atoms with Crippen molar-refractivity contribution >= 4 is 5.91 Å². The van der Waals surface area contributed by atoms with Crippen LogP contribution in [0, 0.1) is 17.6 Å². The zero-order chi connectivity index (χ0) is 15.4. The van der Waals surface area contributed by atoms with Gasteiger partial charge in [-0.15, -0.1) is 0 Å². The first-order valence-electron chi connectivity index (χ1n) is 7.12. The normalized spacial score (nSPS) is 18.6. The quantitative estimate of drug-likeness (QED) is 0.867. The Morgan fingerprint density at radius 2 is 2.00 bits per heavy atom. The second-order valence-electron chi connectivity index (χ2n) is 5.50. The highest BCUT2D eigenvalue weighted by atomic mass is 19.2. The van der Waals surface area contributed by atoms with Crippen LogP contribution in [-0.2, 0) is 4.79 Å². The number of carbonyl (C=O) groups is 1. The van der Waals surface area contributed by atoms with Gasteiger partial charge in [0.1, 0.15) is 0 Å². The third kappa shape index (κ3) is 4.22. The zero-order valence-corrected chi connectivity index (χ0v) is 11.8. The molecular weight excluding hydrogens is 278 g/mol. The van der Waals surface area contributed by atoms with Crippen molar-refractivity contribution in [2.75, 3.05) is 19.6 Å². The van der Waals surface area contributed by atoms with Gasteiger partial charge >= 0.3 is 0 Å². The van der Waals surface area contributed by atoms with Crippen molar-refractivity contribution < 1.29 is 18.7 Å². The minimum absolute atomic E-state index is 0.0580. The maximum absolute atomic E-state index is 13.1. The number of hydrogen-bond donors (Lipinski definition) is 2. The van der Waals surface area contributed by atoms with Gasteiger partial charge in [0, 0.05) is 12.5 Å². The van der Waals surface area contributed by atoms with Crippen LogP contribution in [0.1, 0.15) is 30.9 Å². The van der Waals surface area contributed by atoms with E-state index < -0.39 is 17.7 Å². The largest absolute Gasteiger partial charge is 0.388 e. The van der Waals surface area contributed by atoms with Gasteiger partial charge in [0.15, 0.2) is 11.6 Å². The molecule has 1 atom stereocenters. The molecular formula is C15H20F2N2O2. The molecule has 21 heavy (non-hydrogen) atoms. The van der Waals surface area contributed by atoms with Gasteiger partial charge in [-0.1, -0.05) is 6.07 Å². The monoisotopic (exact) mass is 298 g/mol. The van der Waals surface area contributed by atoms with Crippen LogP contribution >= 0.6 is 0 Å². The minimum atomic E-state index is -0.950. The van der Waals surface area contributed by atoms with E-state index >= 15 is 0 Å². The van der Waals surface area contributed by atoms with Crippen molar-refractivity contribution in [1.82, 2.24) is 4.90 Å². The second kappa shape index (κ2) is 6.95. The number of carbonyl (C=O) groups excluding carboxylic acids is 1. The third-order valence-corrected chi connectivity index (χ3v) is 4.04. The van der Waals surface area contributed by atoms with Crippen LogP contribution < -0.4 is 5.73 Å². The lowest BCUT2D eigenvalue weighted by molar-refractivity contribution is -0.123. The second-order valence-corrected chi connectivity index (χ2v) is 5.50. The smallest absolute Gasteiger partial charge is 0.220 e. The highest BCUT2D eigenvalue weighted by molar-refractivity contribution is 5.76. The number of rotatable bonds is 5. The van der Waals surface area contributed by atoms with Gasteiger partial charge in [0.05, 0.1) is 6.10 Å². The third-order valence-electron chi connectivity index (χ3n) is 4.04. The van der Waals surface area contributed by atoms with Crippen molar-refractivity contribution in [2.45, 2.75) is 25.4 Å².